The standard InChI is InChI=1S/C17H31N3S/c1-12(2)10-18-11-14-15(17(4,5)6)19-16(21-14)20-9-7-8-13(20)3/h12-13,18H,7-11H2,1-6H3. The van der Waals surface area contributed by atoms with Crippen molar-refractivity contribution in [2.45, 2.75) is 72.4 Å². The van der Waals surface area contributed by atoms with E-state index >= 15 is 0 Å². The fourth-order valence-electron chi connectivity index (χ4n) is 2.86. The molecule has 1 aromatic heterocycles. The number of anilines is 1. The molecule has 0 radical (unpaired) electrons. The summed E-state index contributed by atoms with van der Waals surface area (Å²) in [5.41, 5.74) is 1.39. The molecule has 2 heterocycles. The van der Waals surface area contributed by atoms with Gasteiger partial charge in [0.15, 0.2) is 5.13 Å². The van der Waals surface area contributed by atoms with Gasteiger partial charge in [-0.25, -0.2) is 4.98 Å². The smallest absolute Gasteiger partial charge is 0.186 e. The van der Waals surface area contributed by atoms with Crippen molar-refractivity contribution in [1.29, 1.82) is 0 Å². The second-order valence-corrected chi connectivity index (χ2v) is 8.79. The van der Waals surface area contributed by atoms with Crippen molar-refractivity contribution in [2.24, 2.45) is 5.92 Å². The van der Waals surface area contributed by atoms with E-state index in [1.807, 2.05) is 11.3 Å². The van der Waals surface area contributed by atoms with E-state index in [2.05, 4.69) is 51.8 Å². The van der Waals surface area contributed by atoms with Crippen LogP contribution in [0.4, 0.5) is 5.13 Å². The molecule has 21 heavy (non-hydrogen) atoms. The lowest BCUT2D eigenvalue weighted by molar-refractivity contribution is 0.534. The van der Waals surface area contributed by atoms with Gasteiger partial charge in [0.1, 0.15) is 0 Å². The zero-order chi connectivity index (χ0) is 15.6. The van der Waals surface area contributed by atoms with Gasteiger partial charge in [-0.15, -0.1) is 11.3 Å². The maximum Gasteiger partial charge on any atom is 0.186 e. The van der Waals surface area contributed by atoms with E-state index < -0.39 is 0 Å². The van der Waals surface area contributed by atoms with Crippen LogP contribution in [0.3, 0.4) is 0 Å². The maximum absolute atomic E-state index is 5.02. The lowest BCUT2D eigenvalue weighted by Crippen LogP contribution is -2.26. The first-order chi connectivity index (χ1) is 9.79. The van der Waals surface area contributed by atoms with Gasteiger partial charge in [0, 0.05) is 29.4 Å². The van der Waals surface area contributed by atoms with Gasteiger partial charge in [0.25, 0.3) is 0 Å². The summed E-state index contributed by atoms with van der Waals surface area (Å²) in [4.78, 5) is 8.92. The maximum atomic E-state index is 5.02. The molecule has 0 spiro atoms. The SMILES string of the molecule is CC(C)CNCc1sc(N2CCCC2C)nc1C(C)(C)C. The molecule has 1 unspecified atom stereocenters. The normalized spacial score (nSPS) is 19.8. The predicted octanol–water partition coefficient (Wildman–Crippen LogP) is 4.17. The number of hydrogen-bond donors (Lipinski definition) is 1. The third kappa shape index (κ3) is 4.19. The Bertz CT molecular complexity index is 459. The molecule has 4 heteroatoms. The molecule has 120 valence electrons. The van der Waals surface area contributed by atoms with Crippen LogP contribution in [0.15, 0.2) is 0 Å². The van der Waals surface area contributed by atoms with E-state index in [1.54, 1.807) is 0 Å². The van der Waals surface area contributed by atoms with Gasteiger partial charge in [-0.2, -0.15) is 0 Å². The molecule has 1 atom stereocenters. The summed E-state index contributed by atoms with van der Waals surface area (Å²) in [6, 6.07) is 0.639. The summed E-state index contributed by atoms with van der Waals surface area (Å²) in [7, 11) is 0. The minimum absolute atomic E-state index is 0.118. The van der Waals surface area contributed by atoms with E-state index in [4.69, 9.17) is 4.98 Å². The Morgan fingerprint density at radius 2 is 2.10 bits per heavy atom. The summed E-state index contributed by atoms with van der Waals surface area (Å²) in [6.07, 6.45) is 2.60. The van der Waals surface area contributed by atoms with Crippen LogP contribution in [0.1, 0.15) is 65.0 Å². The topological polar surface area (TPSA) is 28.2 Å². The number of thiazole rings is 1. The molecule has 1 N–H and O–H groups in total. The van der Waals surface area contributed by atoms with Crippen LogP contribution in [0.25, 0.3) is 0 Å². The van der Waals surface area contributed by atoms with Crippen LogP contribution in [0, 0.1) is 5.92 Å². The Kier molecular flexibility index (Phi) is 5.31. The quantitative estimate of drug-likeness (QED) is 0.884. The number of rotatable bonds is 5. The fourth-order valence-corrected chi connectivity index (χ4v) is 4.23. The molecule has 0 aromatic carbocycles. The van der Waals surface area contributed by atoms with Crippen molar-refractivity contribution in [2.75, 3.05) is 18.0 Å². The summed E-state index contributed by atoms with van der Waals surface area (Å²) in [5.74, 6) is 0.689. The summed E-state index contributed by atoms with van der Waals surface area (Å²) >= 11 is 1.89. The van der Waals surface area contributed by atoms with Gasteiger partial charge in [-0.05, 0) is 32.2 Å². The van der Waals surface area contributed by atoms with Gasteiger partial charge in [0.2, 0.25) is 0 Å². The van der Waals surface area contributed by atoms with E-state index in [-0.39, 0.29) is 5.41 Å². The van der Waals surface area contributed by atoms with Crippen molar-refractivity contribution >= 4 is 16.5 Å². The Morgan fingerprint density at radius 1 is 1.38 bits per heavy atom. The summed E-state index contributed by atoms with van der Waals surface area (Å²) in [5, 5.41) is 4.81. The van der Waals surface area contributed by atoms with Crippen molar-refractivity contribution in [3.8, 4) is 0 Å². The molecule has 1 aliphatic heterocycles. The molecule has 2 rings (SSSR count). The van der Waals surface area contributed by atoms with Gasteiger partial charge in [0.05, 0.1) is 5.69 Å². The zero-order valence-corrected chi connectivity index (χ0v) is 15.3. The average Bonchev–Trinajstić information content (AvgIpc) is 2.94. The molecule has 0 bridgehead atoms. The first kappa shape index (κ1) is 16.8. The van der Waals surface area contributed by atoms with Gasteiger partial charge < -0.3 is 10.2 Å². The minimum atomic E-state index is 0.118. The molecule has 0 aliphatic carbocycles. The first-order valence-electron chi connectivity index (χ1n) is 8.26. The zero-order valence-electron chi connectivity index (χ0n) is 14.5. The molecule has 3 nitrogen and oxygen atoms in total. The fraction of sp³-hybridized carbons (Fsp3) is 0.824. The van der Waals surface area contributed by atoms with E-state index in [0.29, 0.717) is 12.0 Å². The number of nitrogens with zero attached hydrogens (tertiary/aromatic N) is 2. The monoisotopic (exact) mass is 309 g/mol. The van der Waals surface area contributed by atoms with Crippen molar-refractivity contribution in [3.05, 3.63) is 10.6 Å². The van der Waals surface area contributed by atoms with Crippen LogP contribution in [0.5, 0.6) is 0 Å². The average molecular weight is 310 g/mol. The Hall–Kier alpha value is -0.610. The van der Waals surface area contributed by atoms with Crippen LogP contribution in [-0.2, 0) is 12.0 Å². The second kappa shape index (κ2) is 6.66. The molecule has 1 fully saturated rings. The molecule has 0 saturated carbocycles. The van der Waals surface area contributed by atoms with E-state index in [1.165, 1.54) is 28.5 Å². The summed E-state index contributed by atoms with van der Waals surface area (Å²) < 4.78 is 0. The lowest BCUT2D eigenvalue weighted by atomic mass is 9.91. The van der Waals surface area contributed by atoms with Crippen LogP contribution in [0.2, 0.25) is 0 Å². The Balaban J connectivity index is 2.19. The van der Waals surface area contributed by atoms with Crippen LogP contribution < -0.4 is 10.2 Å². The molecule has 1 aromatic rings. The minimum Gasteiger partial charge on any atom is -0.345 e. The van der Waals surface area contributed by atoms with Crippen LogP contribution in [-0.4, -0.2) is 24.1 Å². The second-order valence-electron chi connectivity index (χ2n) is 7.73. The van der Waals surface area contributed by atoms with Crippen molar-refractivity contribution < 1.29 is 0 Å². The van der Waals surface area contributed by atoms with Crippen molar-refractivity contribution in [1.82, 2.24) is 10.3 Å². The number of nitrogens with one attached hydrogen (secondary N) is 1. The Labute approximate surface area is 134 Å². The number of hydrogen-bond acceptors (Lipinski definition) is 4. The number of aromatic nitrogens is 1. The van der Waals surface area contributed by atoms with Crippen molar-refractivity contribution in [3.63, 3.8) is 0 Å². The third-order valence-electron chi connectivity index (χ3n) is 4.03. The van der Waals surface area contributed by atoms with Gasteiger partial charge >= 0.3 is 0 Å². The van der Waals surface area contributed by atoms with E-state index in [9.17, 15) is 0 Å². The highest BCUT2D eigenvalue weighted by Gasteiger charge is 2.28. The molecule has 1 saturated heterocycles. The highest BCUT2D eigenvalue weighted by molar-refractivity contribution is 7.15. The predicted molar refractivity (Wildman–Crippen MR) is 93.4 cm³/mol. The Morgan fingerprint density at radius 3 is 2.62 bits per heavy atom. The largest absolute Gasteiger partial charge is 0.345 e. The van der Waals surface area contributed by atoms with E-state index in [0.717, 1.165) is 19.6 Å². The molecular formula is C17H31N3S. The highest BCUT2D eigenvalue weighted by Crippen LogP contribution is 2.36. The van der Waals surface area contributed by atoms with Gasteiger partial charge in [-0.3, -0.25) is 0 Å². The molecule has 1 aliphatic rings. The molecule has 0 amide bonds. The lowest BCUT2D eigenvalue weighted by Gasteiger charge is -2.20. The highest BCUT2D eigenvalue weighted by atomic mass is 32.1. The summed E-state index contributed by atoms with van der Waals surface area (Å²) in [6.45, 7) is 16.8. The third-order valence-corrected chi connectivity index (χ3v) is 5.13. The first-order valence-corrected chi connectivity index (χ1v) is 9.08. The van der Waals surface area contributed by atoms with Crippen LogP contribution >= 0.6 is 11.3 Å². The molecular weight excluding hydrogens is 278 g/mol. The van der Waals surface area contributed by atoms with Gasteiger partial charge in [-0.1, -0.05) is 34.6 Å².